The molecule has 0 bridgehead atoms. The number of rotatable bonds is 5. The van der Waals surface area contributed by atoms with Crippen LogP contribution in [0.3, 0.4) is 0 Å². The lowest BCUT2D eigenvalue weighted by Crippen LogP contribution is -2.26. The molecular formula is C19H15N3O3S. The highest BCUT2D eigenvalue weighted by Gasteiger charge is 2.15. The maximum Gasteiger partial charge on any atom is 0.339 e. The van der Waals surface area contributed by atoms with Crippen molar-refractivity contribution in [2.24, 2.45) is 0 Å². The van der Waals surface area contributed by atoms with Crippen LogP contribution in [0.2, 0.25) is 0 Å². The number of ether oxygens (including phenoxy) is 1. The van der Waals surface area contributed by atoms with Crippen molar-refractivity contribution in [3.63, 3.8) is 0 Å². The summed E-state index contributed by atoms with van der Waals surface area (Å²) in [5.41, 5.74) is 0.630. The summed E-state index contributed by atoms with van der Waals surface area (Å²) >= 11 is 1.45. The molecule has 0 saturated heterocycles. The highest BCUT2D eigenvalue weighted by Crippen LogP contribution is 2.21. The molecule has 0 fully saturated rings. The average molecular weight is 365 g/mol. The van der Waals surface area contributed by atoms with Crippen LogP contribution in [0.1, 0.15) is 16.2 Å². The predicted molar refractivity (Wildman–Crippen MR) is 99.0 cm³/mol. The van der Waals surface area contributed by atoms with Gasteiger partial charge in [-0.15, -0.1) is 11.8 Å². The second kappa shape index (κ2) is 7.85. The van der Waals surface area contributed by atoms with E-state index < -0.39 is 5.97 Å². The van der Waals surface area contributed by atoms with Gasteiger partial charge in [-0.3, -0.25) is 9.36 Å². The number of hydrogen-bond acceptors (Lipinski definition) is 6. The van der Waals surface area contributed by atoms with Gasteiger partial charge in [-0.1, -0.05) is 24.3 Å². The first-order valence-corrected chi connectivity index (χ1v) is 9.03. The zero-order chi connectivity index (χ0) is 18.5. The standard InChI is InChI=1S/C19H15N3O3S/c1-26-16-9-5-3-7-14(16)19(24)25-12-17-21-15-8-4-2-6-13(15)18(23)22(17)11-10-20/h2-9H,11-12H2,1H3. The van der Waals surface area contributed by atoms with E-state index in [1.165, 1.54) is 16.3 Å². The highest BCUT2D eigenvalue weighted by atomic mass is 32.2. The Morgan fingerprint density at radius 2 is 1.96 bits per heavy atom. The Morgan fingerprint density at radius 1 is 1.23 bits per heavy atom. The van der Waals surface area contributed by atoms with Crippen LogP contribution in [0.5, 0.6) is 0 Å². The van der Waals surface area contributed by atoms with Gasteiger partial charge < -0.3 is 4.74 Å². The Balaban J connectivity index is 1.93. The van der Waals surface area contributed by atoms with Crippen LogP contribution < -0.4 is 5.56 Å². The fraction of sp³-hybridized carbons (Fsp3) is 0.158. The zero-order valence-corrected chi connectivity index (χ0v) is 14.8. The first kappa shape index (κ1) is 17.7. The van der Waals surface area contributed by atoms with E-state index in [2.05, 4.69) is 4.98 Å². The molecule has 0 aliphatic heterocycles. The van der Waals surface area contributed by atoms with Crippen molar-refractivity contribution in [1.29, 1.82) is 5.26 Å². The molecule has 2 aromatic carbocycles. The predicted octanol–water partition coefficient (Wildman–Crippen LogP) is 3.00. The molecular weight excluding hydrogens is 350 g/mol. The summed E-state index contributed by atoms with van der Waals surface area (Å²) in [6.45, 7) is -0.353. The van der Waals surface area contributed by atoms with Crippen molar-refractivity contribution in [2.45, 2.75) is 18.0 Å². The molecule has 7 heteroatoms. The molecule has 3 aromatic rings. The minimum absolute atomic E-state index is 0.162. The monoisotopic (exact) mass is 365 g/mol. The molecule has 0 aliphatic rings. The number of aromatic nitrogens is 2. The van der Waals surface area contributed by atoms with E-state index in [0.717, 1.165) is 4.90 Å². The number of nitriles is 1. The Morgan fingerprint density at radius 3 is 2.73 bits per heavy atom. The molecule has 0 amide bonds. The number of para-hydroxylation sites is 1. The number of hydrogen-bond donors (Lipinski definition) is 0. The average Bonchev–Trinajstić information content (AvgIpc) is 2.68. The summed E-state index contributed by atoms with van der Waals surface area (Å²) in [4.78, 5) is 30.2. The fourth-order valence-corrected chi connectivity index (χ4v) is 3.17. The molecule has 0 spiro atoms. The number of thioether (sulfide) groups is 1. The van der Waals surface area contributed by atoms with Crippen molar-refractivity contribution < 1.29 is 9.53 Å². The molecule has 0 radical (unpaired) electrons. The van der Waals surface area contributed by atoms with Gasteiger partial charge in [-0.25, -0.2) is 9.78 Å². The van der Waals surface area contributed by atoms with E-state index in [0.29, 0.717) is 16.5 Å². The summed E-state index contributed by atoms with van der Waals surface area (Å²) < 4.78 is 6.60. The SMILES string of the molecule is CSc1ccccc1C(=O)OCc1nc2ccccc2c(=O)n1CC#N. The van der Waals surface area contributed by atoms with Crippen molar-refractivity contribution in [2.75, 3.05) is 6.26 Å². The van der Waals surface area contributed by atoms with Gasteiger partial charge in [0.2, 0.25) is 0 Å². The zero-order valence-electron chi connectivity index (χ0n) is 14.0. The van der Waals surface area contributed by atoms with Crippen LogP contribution in [0.15, 0.2) is 58.2 Å². The highest BCUT2D eigenvalue weighted by molar-refractivity contribution is 7.98. The summed E-state index contributed by atoms with van der Waals surface area (Å²) in [5, 5.41) is 9.44. The maximum absolute atomic E-state index is 12.6. The van der Waals surface area contributed by atoms with Crippen LogP contribution >= 0.6 is 11.8 Å². The van der Waals surface area contributed by atoms with Gasteiger partial charge in [0.05, 0.1) is 22.5 Å². The third-order valence-corrected chi connectivity index (χ3v) is 4.62. The summed E-state index contributed by atoms with van der Waals surface area (Å²) in [6.07, 6.45) is 1.88. The molecule has 0 N–H and O–H groups in total. The Hall–Kier alpha value is -3.11. The molecule has 6 nitrogen and oxygen atoms in total. The van der Waals surface area contributed by atoms with Crippen LogP contribution in [-0.4, -0.2) is 21.8 Å². The molecule has 0 saturated carbocycles. The minimum Gasteiger partial charge on any atom is -0.454 e. The van der Waals surface area contributed by atoms with Gasteiger partial charge in [0, 0.05) is 4.90 Å². The second-order valence-electron chi connectivity index (χ2n) is 5.37. The van der Waals surface area contributed by atoms with Crippen LogP contribution in [0.25, 0.3) is 10.9 Å². The second-order valence-corrected chi connectivity index (χ2v) is 6.22. The van der Waals surface area contributed by atoms with E-state index >= 15 is 0 Å². The van der Waals surface area contributed by atoms with E-state index in [4.69, 9.17) is 10.00 Å². The van der Waals surface area contributed by atoms with Gasteiger partial charge in [-0.05, 0) is 30.5 Å². The number of esters is 1. The maximum atomic E-state index is 12.6. The molecule has 1 heterocycles. The van der Waals surface area contributed by atoms with E-state index in [1.54, 1.807) is 36.4 Å². The van der Waals surface area contributed by atoms with Crippen LogP contribution in [0, 0.1) is 11.3 Å². The van der Waals surface area contributed by atoms with Crippen molar-refractivity contribution in [3.05, 3.63) is 70.3 Å². The van der Waals surface area contributed by atoms with E-state index in [1.807, 2.05) is 24.5 Å². The quantitative estimate of drug-likeness (QED) is 0.510. The Labute approximate surface area is 154 Å². The Bertz CT molecular complexity index is 1070. The van der Waals surface area contributed by atoms with Crippen molar-refractivity contribution in [1.82, 2.24) is 9.55 Å². The van der Waals surface area contributed by atoms with Gasteiger partial charge in [-0.2, -0.15) is 5.26 Å². The van der Waals surface area contributed by atoms with Gasteiger partial charge in [0.1, 0.15) is 13.2 Å². The number of fused-ring (bicyclic) bond motifs is 1. The third-order valence-electron chi connectivity index (χ3n) is 3.83. The summed E-state index contributed by atoms with van der Waals surface area (Å²) in [7, 11) is 0. The molecule has 130 valence electrons. The van der Waals surface area contributed by atoms with Crippen LogP contribution in [-0.2, 0) is 17.9 Å². The summed E-state index contributed by atoms with van der Waals surface area (Å²) in [6, 6.07) is 15.9. The van der Waals surface area contributed by atoms with E-state index in [9.17, 15) is 9.59 Å². The number of carbonyl (C=O) groups excluding carboxylic acids is 1. The number of carbonyl (C=O) groups is 1. The number of benzene rings is 2. The summed E-state index contributed by atoms with van der Waals surface area (Å²) in [5.74, 6) is -0.258. The van der Waals surface area contributed by atoms with Gasteiger partial charge >= 0.3 is 5.97 Å². The van der Waals surface area contributed by atoms with Crippen LogP contribution in [0.4, 0.5) is 0 Å². The molecule has 0 unspecified atom stereocenters. The number of nitrogens with zero attached hydrogens (tertiary/aromatic N) is 3. The molecule has 0 aliphatic carbocycles. The molecule has 26 heavy (non-hydrogen) atoms. The van der Waals surface area contributed by atoms with Gasteiger partial charge in [0.25, 0.3) is 5.56 Å². The lowest BCUT2D eigenvalue weighted by Gasteiger charge is -2.12. The third kappa shape index (κ3) is 3.46. The Kier molecular flexibility index (Phi) is 5.34. The first-order valence-electron chi connectivity index (χ1n) is 7.81. The topological polar surface area (TPSA) is 85.0 Å². The molecule has 1 aromatic heterocycles. The molecule has 0 atom stereocenters. The van der Waals surface area contributed by atoms with E-state index in [-0.39, 0.29) is 24.5 Å². The van der Waals surface area contributed by atoms with Crippen molar-refractivity contribution in [3.8, 4) is 6.07 Å². The normalized spacial score (nSPS) is 10.5. The fourth-order valence-electron chi connectivity index (χ4n) is 2.58. The van der Waals surface area contributed by atoms with Crippen molar-refractivity contribution >= 4 is 28.6 Å². The minimum atomic E-state index is -0.499. The first-order chi connectivity index (χ1) is 12.7. The lowest BCUT2D eigenvalue weighted by atomic mass is 10.2. The smallest absolute Gasteiger partial charge is 0.339 e. The molecule has 3 rings (SSSR count). The lowest BCUT2D eigenvalue weighted by molar-refractivity contribution is 0.0453. The largest absolute Gasteiger partial charge is 0.454 e. The van der Waals surface area contributed by atoms with Gasteiger partial charge in [0.15, 0.2) is 5.82 Å².